The third-order valence-corrected chi connectivity index (χ3v) is 3.43. The predicted octanol–water partition coefficient (Wildman–Crippen LogP) is 2.32. The molecule has 1 aliphatic carbocycles. The SMILES string of the molecule is CN=C(NCC1CC1)N1CCC(C)(C)C1.I. The molecule has 0 unspecified atom stereocenters. The van der Waals surface area contributed by atoms with E-state index in [1.54, 1.807) is 0 Å². The Kier molecular flexibility index (Phi) is 4.88. The van der Waals surface area contributed by atoms with Crippen LogP contribution in [0.2, 0.25) is 0 Å². The summed E-state index contributed by atoms with van der Waals surface area (Å²) in [5.74, 6) is 2.02. The molecule has 4 heteroatoms. The van der Waals surface area contributed by atoms with E-state index in [0.717, 1.165) is 31.5 Å². The average Bonchev–Trinajstić information content (AvgIpc) is 2.92. The Bertz CT molecular complexity index is 259. The van der Waals surface area contributed by atoms with Crippen LogP contribution in [0.1, 0.15) is 33.1 Å². The number of halogens is 1. The van der Waals surface area contributed by atoms with Crippen molar-refractivity contribution >= 4 is 29.9 Å². The first-order chi connectivity index (χ1) is 7.11. The van der Waals surface area contributed by atoms with E-state index in [0.29, 0.717) is 5.41 Å². The molecule has 2 rings (SSSR count). The fraction of sp³-hybridized carbons (Fsp3) is 0.917. The van der Waals surface area contributed by atoms with Crippen molar-refractivity contribution in [3.63, 3.8) is 0 Å². The van der Waals surface area contributed by atoms with Crippen LogP contribution in [0, 0.1) is 11.3 Å². The summed E-state index contributed by atoms with van der Waals surface area (Å²) in [6, 6.07) is 0. The van der Waals surface area contributed by atoms with Crippen LogP contribution in [-0.4, -0.2) is 37.5 Å². The Hall–Kier alpha value is 0. The number of hydrogen-bond donors (Lipinski definition) is 1. The number of rotatable bonds is 2. The van der Waals surface area contributed by atoms with E-state index < -0.39 is 0 Å². The quantitative estimate of drug-likeness (QED) is 0.476. The van der Waals surface area contributed by atoms with E-state index in [2.05, 4.69) is 29.1 Å². The van der Waals surface area contributed by atoms with Gasteiger partial charge < -0.3 is 10.2 Å². The van der Waals surface area contributed by atoms with Crippen LogP contribution in [0.25, 0.3) is 0 Å². The molecule has 3 nitrogen and oxygen atoms in total. The van der Waals surface area contributed by atoms with Crippen LogP contribution < -0.4 is 5.32 Å². The Morgan fingerprint density at radius 2 is 2.12 bits per heavy atom. The molecule has 1 aliphatic heterocycles. The van der Waals surface area contributed by atoms with E-state index in [1.807, 2.05) is 7.05 Å². The van der Waals surface area contributed by atoms with E-state index >= 15 is 0 Å². The number of nitrogens with zero attached hydrogens (tertiary/aromatic N) is 2. The number of aliphatic imine (C=N–C) groups is 1. The Morgan fingerprint density at radius 3 is 2.56 bits per heavy atom. The minimum atomic E-state index is 0. The van der Waals surface area contributed by atoms with Gasteiger partial charge in [-0.25, -0.2) is 0 Å². The van der Waals surface area contributed by atoms with Crippen molar-refractivity contribution in [2.75, 3.05) is 26.7 Å². The first kappa shape index (κ1) is 14.1. The summed E-state index contributed by atoms with van der Waals surface area (Å²) in [6.07, 6.45) is 4.07. The van der Waals surface area contributed by atoms with Gasteiger partial charge in [0.05, 0.1) is 0 Å². The largest absolute Gasteiger partial charge is 0.356 e. The lowest BCUT2D eigenvalue weighted by Crippen LogP contribution is -2.41. The maximum Gasteiger partial charge on any atom is 0.193 e. The molecule has 1 heterocycles. The summed E-state index contributed by atoms with van der Waals surface area (Å²) < 4.78 is 0. The second-order valence-corrected chi connectivity index (χ2v) is 5.71. The fourth-order valence-corrected chi connectivity index (χ4v) is 2.18. The van der Waals surface area contributed by atoms with E-state index in [9.17, 15) is 0 Å². The number of likely N-dealkylation sites (tertiary alicyclic amines) is 1. The molecule has 0 bridgehead atoms. The summed E-state index contributed by atoms with van der Waals surface area (Å²) in [5.41, 5.74) is 0.456. The topological polar surface area (TPSA) is 27.6 Å². The molecule has 2 fully saturated rings. The van der Waals surface area contributed by atoms with Gasteiger partial charge in [-0.05, 0) is 30.6 Å². The molecule has 0 aromatic carbocycles. The predicted molar refractivity (Wildman–Crippen MR) is 79.5 cm³/mol. The third kappa shape index (κ3) is 3.79. The van der Waals surface area contributed by atoms with Gasteiger partial charge in [0.15, 0.2) is 5.96 Å². The molecule has 0 spiro atoms. The van der Waals surface area contributed by atoms with E-state index in [4.69, 9.17) is 0 Å². The minimum absolute atomic E-state index is 0. The third-order valence-electron chi connectivity index (χ3n) is 3.43. The van der Waals surface area contributed by atoms with Gasteiger partial charge in [0.25, 0.3) is 0 Å². The molecule has 16 heavy (non-hydrogen) atoms. The molecule has 2 aliphatic rings. The zero-order chi connectivity index (χ0) is 10.9. The highest BCUT2D eigenvalue weighted by Crippen LogP contribution is 2.30. The zero-order valence-electron chi connectivity index (χ0n) is 10.6. The van der Waals surface area contributed by atoms with Crippen molar-refractivity contribution in [3.05, 3.63) is 0 Å². The van der Waals surface area contributed by atoms with Gasteiger partial charge in [0.2, 0.25) is 0 Å². The van der Waals surface area contributed by atoms with Gasteiger partial charge in [-0.3, -0.25) is 4.99 Å². The second kappa shape index (κ2) is 5.56. The summed E-state index contributed by atoms with van der Waals surface area (Å²) in [5, 5.41) is 3.49. The number of hydrogen-bond acceptors (Lipinski definition) is 1. The summed E-state index contributed by atoms with van der Waals surface area (Å²) in [7, 11) is 1.89. The van der Waals surface area contributed by atoms with Crippen LogP contribution >= 0.6 is 24.0 Å². The van der Waals surface area contributed by atoms with Crippen molar-refractivity contribution in [3.8, 4) is 0 Å². The lowest BCUT2D eigenvalue weighted by atomic mass is 9.93. The molecule has 1 saturated heterocycles. The highest BCUT2D eigenvalue weighted by molar-refractivity contribution is 14.0. The lowest BCUT2D eigenvalue weighted by molar-refractivity contribution is 0.370. The van der Waals surface area contributed by atoms with Crippen molar-refractivity contribution in [1.82, 2.24) is 10.2 Å². The van der Waals surface area contributed by atoms with Crippen molar-refractivity contribution in [1.29, 1.82) is 0 Å². The first-order valence-electron chi connectivity index (χ1n) is 6.06. The van der Waals surface area contributed by atoms with Crippen molar-refractivity contribution < 1.29 is 0 Å². The Labute approximate surface area is 116 Å². The molecule has 0 aromatic rings. The minimum Gasteiger partial charge on any atom is -0.356 e. The fourth-order valence-electron chi connectivity index (χ4n) is 2.18. The molecular formula is C12H24IN3. The van der Waals surface area contributed by atoms with E-state index in [-0.39, 0.29) is 24.0 Å². The molecule has 0 aromatic heterocycles. The molecule has 0 atom stereocenters. The number of guanidine groups is 1. The second-order valence-electron chi connectivity index (χ2n) is 5.71. The molecule has 94 valence electrons. The van der Waals surface area contributed by atoms with Crippen LogP contribution in [0.3, 0.4) is 0 Å². The standard InChI is InChI=1S/C12H23N3.HI/c1-12(2)6-7-15(9-12)11(13-3)14-8-10-4-5-10;/h10H,4-9H2,1-3H3,(H,13,14);1H. The summed E-state index contributed by atoms with van der Waals surface area (Å²) in [6.45, 7) is 8.07. The number of nitrogens with one attached hydrogen (secondary N) is 1. The highest BCUT2D eigenvalue weighted by atomic mass is 127. The first-order valence-corrected chi connectivity index (χ1v) is 6.06. The Morgan fingerprint density at radius 1 is 1.44 bits per heavy atom. The maximum absolute atomic E-state index is 4.37. The average molecular weight is 337 g/mol. The normalized spacial score (nSPS) is 24.2. The summed E-state index contributed by atoms with van der Waals surface area (Å²) in [4.78, 5) is 6.76. The summed E-state index contributed by atoms with van der Waals surface area (Å²) >= 11 is 0. The van der Waals surface area contributed by atoms with Crippen LogP contribution in [0.15, 0.2) is 4.99 Å². The molecule has 0 radical (unpaired) electrons. The van der Waals surface area contributed by atoms with Gasteiger partial charge in [-0.1, -0.05) is 13.8 Å². The van der Waals surface area contributed by atoms with Crippen LogP contribution in [0.5, 0.6) is 0 Å². The molecular weight excluding hydrogens is 313 g/mol. The molecule has 0 amide bonds. The van der Waals surface area contributed by atoms with Crippen LogP contribution in [-0.2, 0) is 0 Å². The van der Waals surface area contributed by atoms with Gasteiger partial charge in [-0.15, -0.1) is 24.0 Å². The molecule has 1 saturated carbocycles. The lowest BCUT2D eigenvalue weighted by Gasteiger charge is -2.23. The maximum atomic E-state index is 4.37. The Balaban J connectivity index is 0.00000128. The van der Waals surface area contributed by atoms with Crippen molar-refractivity contribution in [2.45, 2.75) is 33.1 Å². The van der Waals surface area contributed by atoms with E-state index in [1.165, 1.54) is 19.3 Å². The highest BCUT2D eigenvalue weighted by Gasteiger charge is 2.31. The van der Waals surface area contributed by atoms with Gasteiger partial charge in [-0.2, -0.15) is 0 Å². The van der Waals surface area contributed by atoms with Gasteiger partial charge >= 0.3 is 0 Å². The van der Waals surface area contributed by atoms with Gasteiger partial charge in [0.1, 0.15) is 0 Å². The zero-order valence-corrected chi connectivity index (χ0v) is 13.0. The molecule has 1 N–H and O–H groups in total. The van der Waals surface area contributed by atoms with Gasteiger partial charge in [0, 0.05) is 26.7 Å². The smallest absolute Gasteiger partial charge is 0.193 e. The van der Waals surface area contributed by atoms with Crippen molar-refractivity contribution in [2.24, 2.45) is 16.3 Å². The van der Waals surface area contributed by atoms with Crippen LogP contribution in [0.4, 0.5) is 0 Å². The monoisotopic (exact) mass is 337 g/mol.